The van der Waals surface area contributed by atoms with E-state index in [4.69, 9.17) is 4.84 Å². The second kappa shape index (κ2) is 11.5. The Hall–Kier alpha value is -1.90. The predicted molar refractivity (Wildman–Crippen MR) is 145 cm³/mol. The lowest BCUT2D eigenvalue weighted by atomic mass is 10.0. The SMILES string of the molecule is CON=C(C(=O)O)c1ccccc1Cn1c(Br)c(C(SC(C)C)SC(C)C)c2ccccc21. The third-order valence-electron chi connectivity index (χ3n) is 4.96. The van der Waals surface area contributed by atoms with Crippen molar-refractivity contribution in [3.8, 4) is 0 Å². The van der Waals surface area contributed by atoms with Crippen LogP contribution in [0.1, 0.15) is 49.0 Å². The highest BCUT2D eigenvalue weighted by Gasteiger charge is 2.26. The van der Waals surface area contributed by atoms with E-state index in [2.05, 4.69) is 71.5 Å². The van der Waals surface area contributed by atoms with E-state index in [-0.39, 0.29) is 10.3 Å². The van der Waals surface area contributed by atoms with E-state index in [0.29, 0.717) is 22.6 Å². The third-order valence-corrected chi connectivity index (χ3v) is 8.53. The largest absolute Gasteiger partial charge is 0.476 e. The maximum Gasteiger partial charge on any atom is 0.358 e. The molecule has 8 heteroatoms. The molecule has 0 radical (unpaired) electrons. The van der Waals surface area contributed by atoms with Gasteiger partial charge in [0.05, 0.1) is 9.19 Å². The monoisotopic (exact) mass is 548 g/mol. The van der Waals surface area contributed by atoms with E-state index in [1.165, 1.54) is 18.1 Å². The predicted octanol–water partition coefficient (Wildman–Crippen LogP) is 7.17. The molecule has 0 fully saturated rings. The molecule has 0 aliphatic rings. The number of benzene rings is 2. The van der Waals surface area contributed by atoms with Crippen LogP contribution in [0.25, 0.3) is 10.9 Å². The molecule has 2 aromatic carbocycles. The number of nitrogens with zero attached hydrogens (tertiary/aromatic N) is 2. The van der Waals surface area contributed by atoms with Crippen molar-refractivity contribution < 1.29 is 14.7 Å². The average molecular weight is 550 g/mol. The second-order valence-electron chi connectivity index (χ2n) is 8.09. The zero-order chi connectivity index (χ0) is 24.1. The first-order valence-corrected chi connectivity index (χ1v) is 13.4. The summed E-state index contributed by atoms with van der Waals surface area (Å²) in [7, 11) is 1.35. The van der Waals surface area contributed by atoms with Gasteiger partial charge in [0.25, 0.3) is 0 Å². The molecule has 1 aromatic heterocycles. The van der Waals surface area contributed by atoms with Gasteiger partial charge >= 0.3 is 5.97 Å². The van der Waals surface area contributed by atoms with Crippen molar-refractivity contribution in [2.75, 3.05) is 7.11 Å². The van der Waals surface area contributed by atoms with Gasteiger partial charge in [0.2, 0.25) is 0 Å². The Kier molecular flexibility index (Phi) is 8.95. The number of carboxylic acid groups (broad SMARTS) is 1. The van der Waals surface area contributed by atoms with E-state index in [1.807, 2.05) is 47.8 Å². The van der Waals surface area contributed by atoms with Crippen molar-refractivity contribution in [3.63, 3.8) is 0 Å². The van der Waals surface area contributed by atoms with Crippen molar-refractivity contribution in [1.29, 1.82) is 0 Å². The number of aliphatic carboxylic acids is 1. The Morgan fingerprint density at radius 1 is 1.06 bits per heavy atom. The molecule has 33 heavy (non-hydrogen) atoms. The van der Waals surface area contributed by atoms with E-state index in [0.717, 1.165) is 15.7 Å². The number of carbonyl (C=O) groups is 1. The van der Waals surface area contributed by atoms with E-state index in [1.54, 1.807) is 6.07 Å². The number of carboxylic acids is 1. The van der Waals surface area contributed by atoms with Gasteiger partial charge in [-0.05, 0) is 27.6 Å². The van der Waals surface area contributed by atoms with Gasteiger partial charge in [0.1, 0.15) is 7.11 Å². The molecular formula is C25H29BrN2O3S2. The average Bonchev–Trinajstić information content (AvgIpc) is 3.03. The molecule has 0 spiro atoms. The zero-order valence-electron chi connectivity index (χ0n) is 19.4. The number of oxime groups is 1. The first-order valence-electron chi connectivity index (χ1n) is 10.7. The molecule has 0 bridgehead atoms. The first-order chi connectivity index (χ1) is 15.7. The minimum absolute atomic E-state index is 0.107. The van der Waals surface area contributed by atoms with Gasteiger partial charge in [-0.15, -0.1) is 23.5 Å². The molecule has 3 aromatic rings. The fraction of sp³-hybridized carbons (Fsp3) is 0.360. The molecule has 0 saturated carbocycles. The number of aromatic nitrogens is 1. The fourth-order valence-corrected chi connectivity index (χ4v) is 8.08. The van der Waals surface area contributed by atoms with Crippen molar-refractivity contribution in [3.05, 3.63) is 69.8 Å². The van der Waals surface area contributed by atoms with Gasteiger partial charge in [-0.1, -0.05) is 75.3 Å². The lowest BCUT2D eigenvalue weighted by Gasteiger charge is -2.21. The zero-order valence-corrected chi connectivity index (χ0v) is 22.6. The summed E-state index contributed by atoms with van der Waals surface area (Å²) < 4.78 is 3.50. The number of fused-ring (bicyclic) bond motifs is 1. The summed E-state index contributed by atoms with van der Waals surface area (Å²) in [6, 6.07) is 15.8. The van der Waals surface area contributed by atoms with Crippen LogP contribution in [-0.2, 0) is 16.2 Å². The molecule has 0 aliphatic carbocycles. The highest BCUT2D eigenvalue weighted by atomic mass is 79.9. The number of hydrogen-bond acceptors (Lipinski definition) is 5. The Labute approximate surface area is 212 Å². The van der Waals surface area contributed by atoms with E-state index in [9.17, 15) is 9.90 Å². The molecule has 0 unspecified atom stereocenters. The Morgan fingerprint density at radius 2 is 1.67 bits per heavy atom. The van der Waals surface area contributed by atoms with Crippen LogP contribution in [0.4, 0.5) is 0 Å². The van der Waals surface area contributed by atoms with E-state index < -0.39 is 5.97 Å². The highest BCUT2D eigenvalue weighted by Crippen LogP contribution is 2.49. The number of para-hydroxylation sites is 1. The van der Waals surface area contributed by atoms with Gasteiger partial charge < -0.3 is 14.5 Å². The minimum atomic E-state index is -1.12. The first kappa shape index (κ1) is 25.7. The molecule has 176 valence electrons. The number of rotatable bonds is 10. The van der Waals surface area contributed by atoms with Crippen LogP contribution in [0.5, 0.6) is 0 Å². The summed E-state index contributed by atoms with van der Waals surface area (Å²) in [5, 5.41) is 15.6. The number of halogens is 1. The molecule has 1 N–H and O–H groups in total. The molecule has 3 rings (SSSR count). The minimum Gasteiger partial charge on any atom is -0.476 e. The van der Waals surface area contributed by atoms with Gasteiger partial charge in [-0.3, -0.25) is 0 Å². The Morgan fingerprint density at radius 3 is 2.27 bits per heavy atom. The maximum absolute atomic E-state index is 11.8. The summed E-state index contributed by atoms with van der Waals surface area (Å²) in [5.41, 5.74) is 3.67. The summed E-state index contributed by atoms with van der Waals surface area (Å²) in [6.07, 6.45) is 0. The van der Waals surface area contributed by atoms with Crippen LogP contribution in [0.15, 0.2) is 58.3 Å². The topological polar surface area (TPSA) is 63.8 Å². The number of hydrogen-bond donors (Lipinski definition) is 1. The number of thioether (sulfide) groups is 2. The van der Waals surface area contributed by atoms with Crippen LogP contribution < -0.4 is 0 Å². The van der Waals surface area contributed by atoms with Crippen LogP contribution in [0.2, 0.25) is 0 Å². The molecule has 0 saturated heterocycles. The van der Waals surface area contributed by atoms with Gasteiger partial charge in [0, 0.05) is 39.1 Å². The highest BCUT2D eigenvalue weighted by molar-refractivity contribution is 9.10. The van der Waals surface area contributed by atoms with Crippen LogP contribution in [-0.4, -0.2) is 39.0 Å². The lowest BCUT2D eigenvalue weighted by Crippen LogP contribution is -2.18. The van der Waals surface area contributed by atoms with Gasteiger partial charge in [-0.2, -0.15) is 0 Å². The van der Waals surface area contributed by atoms with Gasteiger partial charge in [0.15, 0.2) is 5.71 Å². The molecular weight excluding hydrogens is 520 g/mol. The van der Waals surface area contributed by atoms with Crippen molar-refractivity contribution >= 4 is 62.0 Å². The van der Waals surface area contributed by atoms with Crippen molar-refractivity contribution in [2.45, 2.75) is 49.3 Å². The Bertz CT molecular complexity index is 1150. The third kappa shape index (κ3) is 5.97. The maximum atomic E-state index is 11.8. The van der Waals surface area contributed by atoms with Crippen molar-refractivity contribution in [2.24, 2.45) is 5.16 Å². The molecule has 0 aliphatic heterocycles. The summed E-state index contributed by atoms with van der Waals surface area (Å²) in [4.78, 5) is 16.7. The smallest absolute Gasteiger partial charge is 0.358 e. The lowest BCUT2D eigenvalue weighted by molar-refractivity contribution is -0.129. The molecule has 0 amide bonds. The molecule has 5 nitrogen and oxygen atoms in total. The van der Waals surface area contributed by atoms with Crippen LogP contribution in [0.3, 0.4) is 0 Å². The van der Waals surface area contributed by atoms with Crippen molar-refractivity contribution in [1.82, 2.24) is 4.57 Å². The normalized spacial score (nSPS) is 12.3. The van der Waals surface area contributed by atoms with Crippen LogP contribution >= 0.6 is 39.5 Å². The van der Waals surface area contributed by atoms with E-state index >= 15 is 0 Å². The van der Waals surface area contributed by atoms with Crippen LogP contribution in [0, 0.1) is 0 Å². The summed E-state index contributed by atoms with van der Waals surface area (Å²) in [5.74, 6) is -1.12. The second-order valence-corrected chi connectivity index (χ2v) is 12.5. The molecule has 0 atom stereocenters. The Balaban J connectivity index is 2.16. The fourth-order valence-electron chi connectivity index (χ4n) is 3.69. The standard InChI is InChI=1S/C25H29BrN2O3S2/c1-15(2)32-25(33-16(3)4)21-19-12-8-9-13-20(19)28(23(21)26)14-17-10-6-7-11-18(17)22(24(29)30)27-31-5/h6-13,15-16,25H,14H2,1-5H3,(H,29,30). The summed E-state index contributed by atoms with van der Waals surface area (Å²) >= 11 is 7.83. The van der Waals surface area contributed by atoms with Gasteiger partial charge in [-0.25, -0.2) is 4.79 Å². The summed E-state index contributed by atoms with van der Waals surface area (Å²) in [6.45, 7) is 9.41. The quantitative estimate of drug-likeness (QED) is 0.165. The molecule has 1 heterocycles.